The number of hydrogen-bond donors (Lipinski definition) is 2. The number of aliphatic hydroxyl groups is 1. The molecule has 1 aromatic heterocycles. The Morgan fingerprint density at radius 3 is 2.47 bits per heavy atom. The molecule has 1 amide bonds. The lowest BCUT2D eigenvalue weighted by molar-refractivity contribution is -0.146. The molecule has 7 heteroatoms. The van der Waals surface area contributed by atoms with Crippen LogP contribution in [0, 0.1) is 6.92 Å². The topological polar surface area (TPSA) is 99.7 Å². The lowest BCUT2D eigenvalue weighted by atomic mass is 9.94. The van der Waals surface area contributed by atoms with E-state index >= 15 is 0 Å². The first-order valence-electron chi connectivity index (χ1n) is 12.5. The molecule has 38 heavy (non-hydrogen) atoms. The molecule has 0 bridgehead atoms. The van der Waals surface area contributed by atoms with Gasteiger partial charge >= 0.3 is 5.97 Å². The van der Waals surface area contributed by atoms with Crippen LogP contribution in [0.5, 0.6) is 0 Å². The number of aryl methyl sites for hydroxylation is 1. The van der Waals surface area contributed by atoms with Crippen LogP contribution in [0.4, 0.5) is 5.69 Å². The number of H-pyrrole nitrogens is 1. The number of fused-ring (bicyclic) bond motifs is 1. The SMILES string of the molecule is Cc1cccc(C2/C(=C(/O)c3c[nH]c4ccccc34)C(=O)C(=O)N2c2ccc(CC(=O)OC(C)C)cc2)c1. The molecule has 5 rings (SSSR count). The molecular formula is C31H28N2O5. The summed E-state index contributed by atoms with van der Waals surface area (Å²) in [7, 11) is 0. The van der Waals surface area contributed by atoms with Crippen molar-refractivity contribution in [3.05, 3.63) is 107 Å². The number of para-hydroxylation sites is 1. The van der Waals surface area contributed by atoms with E-state index in [1.165, 1.54) is 4.90 Å². The summed E-state index contributed by atoms with van der Waals surface area (Å²) in [5.41, 5.74) is 4.15. The molecule has 2 N–H and O–H groups in total. The third-order valence-electron chi connectivity index (χ3n) is 6.58. The Bertz CT molecular complexity index is 1580. The van der Waals surface area contributed by atoms with Gasteiger partial charge in [0.25, 0.3) is 11.7 Å². The molecule has 1 fully saturated rings. The number of aromatic nitrogens is 1. The van der Waals surface area contributed by atoms with Gasteiger partial charge in [0.2, 0.25) is 0 Å². The number of carbonyl (C=O) groups excluding carboxylic acids is 3. The average Bonchev–Trinajstić information content (AvgIpc) is 3.43. The number of hydrogen-bond acceptors (Lipinski definition) is 5. The van der Waals surface area contributed by atoms with Gasteiger partial charge in [-0.15, -0.1) is 0 Å². The summed E-state index contributed by atoms with van der Waals surface area (Å²) in [5.74, 6) is -2.07. The van der Waals surface area contributed by atoms with E-state index in [2.05, 4.69) is 4.98 Å². The van der Waals surface area contributed by atoms with Gasteiger partial charge in [-0.25, -0.2) is 0 Å². The molecule has 0 aliphatic carbocycles. The van der Waals surface area contributed by atoms with E-state index in [-0.39, 0.29) is 29.8 Å². The lowest BCUT2D eigenvalue weighted by Gasteiger charge is -2.26. The van der Waals surface area contributed by atoms with Crippen molar-refractivity contribution >= 4 is 40.0 Å². The molecule has 1 aliphatic heterocycles. The largest absolute Gasteiger partial charge is 0.507 e. The molecular weight excluding hydrogens is 480 g/mol. The molecule has 1 saturated heterocycles. The van der Waals surface area contributed by atoms with Gasteiger partial charge in [0.05, 0.1) is 24.1 Å². The van der Waals surface area contributed by atoms with Crippen LogP contribution >= 0.6 is 0 Å². The number of aliphatic hydroxyl groups excluding tert-OH is 1. The lowest BCUT2D eigenvalue weighted by Crippen LogP contribution is -2.29. The fourth-order valence-electron chi connectivity index (χ4n) is 4.91. The summed E-state index contributed by atoms with van der Waals surface area (Å²) in [6, 6.07) is 21.0. The van der Waals surface area contributed by atoms with Gasteiger partial charge in [-0.05, 0) is 50.1 Å². The number of nitrogens with zero attached hydrogens (tertiary/aromatic N) is 1. The van der Waals surface area contributed by atoms with Gasteiger partial charge in [0, 0.05) is 28.4 Å². The molecule has 4 aromatic rings. The second kappa shape index (κ2) is 10.0. The summed E-state index contributed by atoms with van der Waals surface area (Å²) >= 11 is 0. The first-order valence-corrected chi connectivity index (χ1v) is 12.5. The van der Waals surface area contributed by atoms with Crippen LogP contribution in [-0.4, -0.2) is 33.9 Å². The van der Waals surface area contributed by atoms with Crippen LogP contribution in [0.25, 0.3) is 16.7 Å². The Balaban J connectivity index is 1.60. The van der Waals surface area contributed by atoms with Crippen molar-refractivity contribution in [3.8, 4) is 0 Å². The van der Waals surface area contributed by atoms with Crippen molar-refractivity contribution in [2.45, 2.75) is 39.3 Å². The van der Waals surface area contributed by atoms with Crippen LogP contribution in [0.2, 0.25) is 0 Å². The standard InChI is InChI=1S/C31H28N2O5/c1-18(2)38-26(34)16-20-11-13-22(14-12-20)33-28(21-8-6-7-19(3)15-21)27(30(36)31(33)37)29(35)24-17-32-25-10-5-4-9-23(24)25/h4-15,17-18,28,32,35H,16H2,1-3H3/b29-27-. The molecule has 0 spiro atoms. The molecule has 2 heterocycles. The monoisotopic (exact) mass is 508 g/mol. The van der Waals surface area contributed by atoms with E-state index in [1.807, 2.05) is 55.5 Å². The average molecular weight is 509 g/mol. The zero-order valence-electron chi connectivity index (χ0n) is 21.4. The first kappa shape index (κ1) is 25.0. The summed E-state index contributed by atoms with van der Waals surface area (Å²) < 4.78 is 5.22. The molecule has 3 aromatic carbocycles. The van der Waals surface area contributed by atoms with Crippen LogP contribution in [0.3, 0.4) is 0 Å². The number of aromatic amines is 1. The van der Waals surface area contributed by atoms with Crippen LogP contribution in [0.15, 0.2) is 84.6 Å². The minimum Gasteiger partial charge on any atom is -0.507 e. The predicted molar refractivity (Wildman–Crippen MR) is 146 cm³/mol. The van der Waals surface area contributed by atoms with Crippen molar-refractivity contribution in [2.75, 3.05) is 4.90 Å². The van der Waals surface area contributed by atoms with Gasteiger partial charge in [0.1, 0.15) is 5.76 Å². The second-order valence-electron chi connectivity index (χ2n) is 9.71. The highest BCUT2D eigenvalue weighted by Gasteiger charge is 2.47. The van der Waals surface area contributed by atoms with Crippen molar-refractivity contribution in [2.24, 2.45) is 0 Å². The van der Waals surface area contributed by atoms with Crippen molar-refractivity contribution < 1.29 is 24.2 Å². The minimum atomic E-state index is -0.833. The number of amides is 1. The molecule has 0 radical (unpaired) electrons. The van der Waals surface area contributed by atoms with E-state index in [0.29, 0.717) is 16.8 Å². The first-order chi connectivity index (χ1) is 18.2. The van der Waals surface area contributed by atoms with Gasteiger partial charge in [0.15, 0.2) is 0 Å². The number of ether oxygens (including phenoxy) is 1. The van der Waals surface area contributed by atoms with Crippen LogP contribution in [0.1, 0.15) is 42.1 Å². The molecule has 1 unspecified atom stereocenters. The van der Waals surface area contributed by atoms with E-state index in [9.17, 15) is 19.5 Å². The summed E-state index contributed by atoms with van der Waals surface area (Å²) in [6.45, 7) is 5.51. The van der Waals surface area contributed by atoms with Gasteiger partial charge in [-0.2, -0.15) is 0 Å². The normalized spacial score (nSPS) is 16.9. The Morgan fingerprint density at radius 1 is 1.03 bits per heavy atom. The van der Waals surface area contributed by atoms with E-state index in [0.717, 1.165) is 22.0 Å². The number of Topliss-reactive ketones (excluding diaryl/α,β-unsaturated/α-hetero) is 1. The van der Waals surface area contributed by atoms with E-state index < -0.39 is 17.7 Å². The smallest absolute Gasteiger partial charge is 0.310 e. The summed E-state index contributed by atoms with van der Waals surface area (Å²) in [4.78, 5) is 43.5. The highest BCUT2D eigenvalue weighted by molar-refractivity contribution is 6.51. The molecule has 192 valence electrons. The number of benzene rings is 3. The van der Waals surface area contributed by atoms with Gasteiger partial charge in [-0.3, -0.25) is 19.3 Å². The number of nitrogens with one attached hydrogen (secondary N) is 1. The van der Waals surface area contributed by atoms with Gasteiger partial charge in [-0.1, -0.05) is 60.2 Å². The van der Waals surface area contributed by atoms with E-state index in [4.69, 9.17) is 4.74 Å². The number of ketones is 1. The quantitative estimate of drug-likeness (QED) is 0.153. The fraction of sp³-hybridized carbons (Fsp3) is 0.194. The Hall–Kier alpha value is -4.65. The zero-order chi connectivity index (χ0) is 27.0. The minimum absolute atomic E-state index is 0.0231. The number of esters is 1. The van der Waals surface area contributed by atoms with Gasteiger partial charge < -0.3 is 14.8 Å². The maximum absolute atomic E-state index is 13.5. The molecule has 1 atom stereocenters. The number of anilines is 1. The van der Waals surface area contributed by atoms with Crippen molar-refractivity contribution in [1.82, 2.24) is 4.98 Å². The fourth-order valence-corrected chi connectivity index (χ4v) is 4.91. The highest BCUT2D eigenvalue weighted by atomic mass is 16.5. The zero-order valence-corrected chi connectivity index (χ0v) is 21.4. The van der Waals surface area contributed by atoms with Crippen molar-refractivity contribution in [3.63, 3.8) is 0 Å². The van der Waals surface area contributed by atoms with Crippen molar-refractivity contribution in [1.29, 1.82) is 0 Å². The van der Waals surface area contributed by atoms with E-state index in [1.54, 1.807) is 44.3 Å². The molecule has 7 nitrogen and oxygen atoms in total. The maximum atomic E-state index is 13.5. The molecule has 1 aliphatic rings. The Labute approximate surface area is 220 Å². The molecule has 0 saturated carbocycles. The van der Waals surface area contributed by atoms with Crippen LogP contribution in [-0.2, 0) is 25.5 Å². The predicted octanol–water partition coefficient (Wildman–Crippen LogP) is 5.60. The second-order valence-corrected chi connectivity index (χ2v) is 9.71. The number of carbonyl (C=O) groups is 3. The summed E-state index contributed by atoms with van der Waals surface area (Å²) in [5, 5.41) is 12.2. The Kier molecular flexibility index (Phi) is 6.59. The third-order valence-corrected chi connectivity index (χ3v) is 6.58. The summed E-state index contributed by atoms with van der Waals surface area (Å²) in [6.07, 6.45) is 1.53. The Morgan fingerprint density at radius 2 is 1.76 bits per heavy atom. The van der Waals surface area contributed by atoms with Crippen LogP contribution < -0.4 is 4.90 Å². The highest BCUT2D eigenvalue weighted by Crippen LogP contribution is 2.43. The third kappa shape index (κ3) is 4.59. The number of rotatable bonds is 6. The maximum Gasteiger partial charge on any atom is 0.310 e.